The van der Waals surface area contributed by atoms with Crippen molar-refractivity contribution < 1.29 is 0 Å². The number of hydrogen-bond donors (Lipinski definition) is 1. The molecule has 0 atom stereocenters. The number of nitrogens with zero attached hydrogens (tertiary/aromatic N) is 4. The predicted molar refractivity (Wildman–Crippen MR) is 40.8 cm³/mol. The minimum atomic E-state index is 1.00. The van der Waals surface area contributed by atoms with Gasteiger partial charge in [-0.15, -0.1) is 5.10 Å². The van der Waals surface area contributed by atoms with Gasteiger partial charge in [0.2, 0.25) is 0 Å². The highest BCUT2D eigenvalue weighted by Crippen LogP contribution is 1.89. The molecule has 2 rings (SSSR count). The van der Waals surface area contributed by atoms with E-state index >= 15 is 0 Å². The van der Waals surface area contributed by atoms with E-state index in [1.807, 2.05) is 0 Å². The molecule has 1 fully saturated rings. The molecular formula is C6H11N5. The molecule has 0 saturated carbocycles. The maximum Gasteiger partial charge on any atom is 0.139 e. The SMILES string of the molecule is c1ncn(N2CCNCC2)n1. The maximum absolute atomic E-state index is 4.04. The van der Waals surface area contributed by atoms with Crippen molar-refractivity contribution in [2.24, 2.45) is 0 Å². The van der Waals surface area contributed by atoms with E-state index in [1.54, 1.807) is 17.4 Å². The van der Waals surface area contributed by atoms with Crippen LogP contribution in [0.25, 0.3) is 0 Å². The lowest BCUT2D eigenvalue weighted by Gasteiger charge is -2.28. The molecule has 11 heavy (non-hydrogen) atoms. The highest BCUT2D eigenvalue weighted by Gasteiger charge is 2.08. The van der Waals surface area contributed by atoms with E-state index in [4.69, 9.17) is 0 Å². The summed E-state index contributed by atoms with van der Waals surface area (Å²) in [4.78, 5) is 5.68. The second-order valence-electron chi connectivity index (χ2n) is 2.52. The third-order valence-corrected chi connectivity index (χ3v) is 1.79. The molecule has 0 amide bonds. The van der Waals surface area contributed by atoms with Crippen molar-refractivity contribution in [3.05, 3.63) is 12.7 Å². The Kier molecular flexibility index (Phi) is 1.72. The average Bonchev–Trinajstić information content (AvgIpc) is 2.58. The molecule has 1 aliphatic rings. The molecule has 5 heteroatoms. The molecule has 0 spiro atoms. The zero-order chi connectivity index (χ0) is 7.52. The molecule has 0 aliphatic carbocycles. The van der Waals surface area contributed by atoms with Crippen molar-refractivity contribution in [1.29, 1.82) is 0 Å². The highest BCUT2D eigenvalue weighted by molar-refractivity contribution is 4.87. The third-order valence-electron chi connectivity index (χ3n) is 1.79. The summed E-state index contributed by atoms with van der Waals surface area (Å²) < 4.78 is 0. The zero-order valence-corrected chi connectivity index (χ0v) is 6.27. The van der Waals surface area contributed by atoms with Crippen LogP contribution in [0.5, 0.6) is 0 Å². The van der Waals surface area contributed by atoms with Gasteiger partial charge in [0.25, 0.3) is 0 Å². The van der Waals surface area contributed by atoms with E-state index in [0.29, 0.717) is 0 Å². The van der Waals surface area contributed by atoms with E-state index < -0.39 is 0 Å². The Morgan fingerprint density at radius 1 is 1.27 bits per heavy atom. The summed E-state index contributed by atoms with van der Waals surface area (Å²) in [5.41, 5.74) is 0. The number of piperazine rings is 1. The molecule has 1 aliphatic heterocycles. The largest absolute Gasteiger partial charge is 0.313 e. The van der Waals surface area contributed by atoms with Gasteiger partial charge in [-0.25, -0.2) is 4.98 Å². The van der Waals surface area contributed by atoms with E-state index in [1.165, 1.54) is 0 Å². The normalized spacial score (nSPS) is 18.7. The fraction of sp³-hybridized carbons (Fsp3) is 0.667. The third kappa shape index (κ3) is 1.32. The minimum absolute atomic E-state index is 1.00. The van der Waals surface area contributed by atoms with Gasteiger partial charge < -0.3 is 5.32 Å². The van der Waals surface area contributed by atoms with Crippen molar-refractivity contribution >= 4 is 0 Å². The lowest BCUT2D eigenvalue weighted by atomic mass is 10.4. The van der Waals surface area contributed by atoms with Crippen molar-refractivity contribution in [1.82, 2.24) is 20.2 Å². The van der Waals surface area contributed by atoms with Gasteiger partial charge in [-0.2, -0.15) is 4.79 Å². The van der Waals surface area contributed by atoms with Gasteiger partial charge in [0.15, 0.2) is 0 Å². The van der Waals surface area contributed by atoms with E-state index in [-0.39, 0.29) is 0 Å². The van der Waals surface area contributed by atoms with Crippen LogP contribution >= 0.6 is 0 Å². The molecule has 0 radical (unpaired) electrons. The quantitative estimate of drug-likeness (QED) is 0.551. The lowest BCUT2D eigenvalue weighted by molar-refractivity contribution is 0.460. The monoisotopic (exact) mass is 153 g/mol. The molecule has 5 nitrogen and oxygen atoms in total. The Morgan fingerprint density at radius 2 is 2.09 bits per heavy atom. The zero-order valence-electron chi connectivity index (χ0n) is 6.27. The minimum Gasteiger partial charge on any atom is -0.313 e. The van der Waals surface area contributed by atoms with Crippen LogP contribution in [0.3, 0.4) is 0 Å². The predicted octanol–water partition coefficient (Wildman–Crippen LogP) is -1.18. The van der Waals surface area contributed by atoms with Crippen molar-refractivity contribution in [2.45, 2.75) is 0 Å². The van der Waals surface area contributed by atoms with Crippen molar-refractivity contribution in [2.75, 3.05) is 31.2 Å². The second-order valence-corrected chi connectivity index (χ2v) is 2.52. The fourth-order valence-electron chi connectivity index (χ4n) is 1.21. The summed E-state index contributed by atoms with van der Waals surface area (Å²) in [5, 5.41) is 9.47. The summed E-state index contributed by atoms with van der Waals surface area (Å²) in [6.07, 6.45) is 3.29. The molecule has 1 N–H and O–H groups in total. The first kappa shape index (κ1) is 6.60. The van der Waals surface area contributed by atoms with E-state index in [0.717, 1.165) is 26.2 Å². The lowest BCUT2D eigenvalue weighted by Crippen LogP contribution is -2.49. The first-order chi connectivity index (χ1) is 5.47. The van der Waals surface area contributed by atoms with Crippen molar-refractivity contribution in [3.63, 3.8) is 0 Å². The van der Waals surface area contributed by atoms with Crippen LogP contribution in [0, 0.1) is 0 Å². The molecule has 1 saturated heterocycles. The second kappa shape index (κ2) is 2.87. The molecule has 2 heterocycles. The van der Waals surface area contributed by atoms with Crippen LogP contribution in [0.15, 0.2) is 12.7 Å². The Labute approximate surface area is 65.0 Å². The summed E-state index contributed by atoms with van der Waals surface area (Å²) in [6, 6.07) is 0. The van der Waals surface area contributed by atoms with Crippen LogP contribution in [-0.2, 0) is 0 Å². The summed E-state index contributed by atoms with van der Waals surface area (Å²) in [7, 11) is 0. The van der Waals surface area contributed by atoms with Gasteiger partial charge in [-0.05, 0) is 0 Å². The van der Waals surface area contributed by atoms with Gasteiger partial charge in [-0.1, -0.05) is 0 Å². The van der Waals surface area contributed by atoms with Gasteiger partial charge in [-0.3, -0.25) is 5.01 Å². The van der Waals surface area contributed by atoms with Crippen LogP contribution < -0.4 is 10.3 Å². The molecule has 0 bridgehead atoms. The summed E-state index contributed by atoms with van der Waals surface area (Å²) >= 11 is 0. The topological polar surface area (TPSA) is 46.0 Å². The Morgan fingerprint density at radius 3 is 2.73 bits per heavy atom. The number of nitrogens with one attached hydrogen (secondary N) is 1. The summed E-state index contributed by atoms with van der Waals surface area (Å²) in [5.74, 6) is 0. The van der Waals surface area contributed by atoms with Gasteiger partial charge in [0.1, 0.15) is 12.7 Å². The molecule has 1 aromatic heterocycles. The number of rotatable bonds is 1. The van der Waals surface area contributed by atoms with Crippen LogP contribution in [0.2, 0.25) is 0 Å². The van der Waals surface area contributed by atoms with Crippen LogP contribution in [0.4, 0.5) is 0 Å². The van der Waals surface area contributed by atoms with Gasteiger partial charge in [0.05, 0.1) is 0 Å². The molecule has 0 aromatic carbocycles. The molecule has 1 aromatic rings. The van der Waals surface area contributed by atoms with E-state index in [9.17, 15) is 0 Å². The van der Waals surface area contributed by atoms with Gasteiger partial charge in [0, 0.05) is 26.2 Å². The summed E-state index contributed by atoms with van der Waals surface area (Å²) in [6.45, 7) is 4.06. The first-order valence-corrected chi connectivity index (χ1v) is 3.77. The Balaban J connectivity index is 2.04. The number of hydrogen-bond acceptors (Lipinski definition) is 4. The Hall–Kier alpha value is -1.10. The number of aromatic nitrogens is 3. The smallest absolute Gasteiger partial charge is 0.139 e. The van der Waals surface area contributed by atoms with Crippen LogP contribution in [-0.4, -0.2) is 41.1 Å². The van der Waals surface area contributed by atoms with Gasteiger partial charge >= 0.3 is 0 Å². The fourth-order valence-corrected chi connectivity index (χ4v) is 1.21. The maximum atomic E-state index is 4.04. The van der Waals surface area contributed by atoms with Crippen molar-refractivity contribution in [3.8, 4) is 0 Å². The molecular weight excluding hydrogens is 142 g/mol. The first-order valence-electron chi connectivity index (χ1n) is 3.77. The Bertz CT molecular complexity index is 201. The van der Waals surface area contributed by atoms with E-state index in [2.05, 4.69) is 20.4 Å². The standard InChI is InChI=1S/C6H11N5/c1-3-10(4-2-7-1)11-6-8-5-9-11/h5-7H,1-4H2. The van der Waals surface area contributed by atoms with Crippen LogP contribution in [0.1, 0.15) is 0 Å². The molecule has 0 unspecified atom stereocenters. The average molecular weight is 153 g/mol. The molecule has 60 valence electrons. The highest BCUT2D eigenvalue weighted by atomic mass is 15.7.